The van der Waals surface area contributed by atoms with Gasteiger partial charge in [0, 0.05) is 25.4 Å². The van der Waals surface area contributed by atoms with Crippen molar-refractivity contribution in [3.05, 3.63) is 45.0 Å². The number of aliphatic hydroxyl groups is 4. The van der Waals surface area contributed by atoms with Crippen molar-refractivity contribution in [1.82, 2.24) is 24.5 Å². The Balaban J connectivity index is 1.60. The minimum atomic E-state index is -1.59. The van der Waals surface area contributed by atoms with Crippen LogP contribution in [-0.4, -0.2) is 101 Å². The molecular weight excluding hydrogens is 494 g/mol. The van der Waals surface area contributed by atoms with Gasteiger partial charge < -0.3 is 46.1 Å². The number of nitrogens with one attached hydrogen (secondary N) is 1. The largest absolute Gasteiger partial charge is 0.387 e. The molecule has 0 radical (unpaired) electrons. The average molecular weight is 528 g/mol. The normalized spacial score (nSPS) is 32.7. The number of ether oxygens (including phenoxy) is 3. The lowest BCUT2D eigenvalue weighted by molar-refractivity contribution is -0.224. The van der Waals surface area contributed by atoms with E-state index in [0.29, 0.717) is 13.1 Å². The van der Waals surface area contributed by atoms with Gasteiger partial charge in [-0.2, -0.15) is 0 Å². The zero-order valence-electron chi connectivity index (χ0n) is 19.9. The number of unbranched alkanes of at least 4 members (excludes halogenated alkanes) is 2. The van der Waals surface area contributed by atoms with Gasteiger partial charge >= 0.3 is 5.69 Å². The molecular formula is C21H33N7O9. The fourth-order valence-corrected chi connectivity index (χ4v) is 4.42. The molecule has 0 spiro atoms. The Kier molecular flexibility index (Phi) is 8.83. The van der Waals surface area contributed by atoms with Crippen LogP contribution < -0.4 is 22.7 Å². The Labute approximate surface area is 210 Å². The van der Waals surface area contributed by atoms with Gasteiger partial charge in [-0.15, -0.1) is 5.10 Å². The first kappa shape index (κ1) is 27.5. The summed E-state index contributed by atoms with van der Waals surface area (Å²) in [4.78, 5) is 25.8. The van der Waals surface area contributed by atoms with Crippen molar-refractivity contribution in [1.29, 1.82) is 0 Å². The summed E-state index contributed by atoms with van der Waals surface area (Å²) >= 11 is 0. The van der Waals surface area contributed by atoms with E-state index in [1.165, 1.54) is 0 Å². The molecule has 2 fully saturated rings. The molecule has 9 atom stereocenters. The second-order valence-electron chi connectivity index (χ2n) is 9.06. The molecule has 0 aliphatic carbocycles. The minimum absolute atomic E-state index is 0.0831. The van der Waals surface area contributed by atoms with Crippen molar-refractivity contribution >= 4 is 0 Å². The summed E-state index contributed by atoms with van der Waals surface area (Å²) < 4.78 is 19.8. The third-order valence-electron chi connectivity index (χ3n) is 6.47. The van der Waals surface area contributed by atoms with E-state index < -0.39 is 66.5 Å². The van der Waals surface area contributed by atoms with E-state index in [-0.39, 0.29) is 12.2 Å². The van der Waals surface area contributed by atoms with Crippen molar-refractivity contribution in [2.24, 2.45) is 11.5 Å². The molecule has 0 unspecified atom stereocenters. The number of aryl methyl sites for hydroxylation is 1. The highest BCUT2D eigenvalue weighted by atomic mass is 16.7. The van der Waals surface area contributed by atoms with E-state index in [1.807, 2.05) is 0 Å². The summed E-state index contributed by atoms with van der Waals surface area (Å²) in [6, 6.07) is 1.07. The molecule has 2 aliphatic rings. The SMILES string of the molecule is NCCCCCn1cc([C@H](O[C@@H]2O[C@H](CN)[C@@H](O)[C@H]2O)[C@H]2O[C@@H](n3ccc(=O)[nH]c3=O)[C@H](O)[C@@H]2O)nn1. The van der Waals surface area contributed by atoms with Gasteiger partial charge in [-0.05, 0) is 19.4 Å². The Bertz CT molecular complexity index is 1140. The Morgan fingerprint density at radius 2 is 1.84 bits per heavy atom. The maximum absolute atomic E-state index is 12.3. The van der Waals surface area contributed by atoms with Crippen LogP contribution in [-0.2, 0) is 20.8 Å². The fourth-order valence-electron chi connectivity index (χ4n) is 4.42. The Morgan fingerprint density at radius 3 is 2.51 bits per heavy atom. The van der Waals surface area contributed by atoms with Crippen molar-refractivity contribution in [3.63, 3.8) is 0 Å². The van der Waals surface area contributed by atoms with Crippen LogP contribution in [0.1, 0.15) is 37.3 Å². The van der Waals surface area contributed by atoms with E-state index in [1.54, 1.807) is 10.9 Å². The van der Waals surface area contributed by atoms with E-state index in [2.05, 4.69) is 15.3 Å². The lowest BCUT2D eigenvalue weighted by atomic mass is 10.0. The number of H-pyrrole nitrogens is 1. The molecule has 4 rings (SSSR count). The smallest absolute Gasteiger partial charge is 0.330 e. The second-order valence-corrected chi connectivity index (χ2v) is 9.06. The van der Waals surface area contributed by atoms with Crippen molar-refractivity contribution < 1.29 is 34.6 Å². The highest BCUT2D eigenvalue weighted by Crippen LogP contribution is 2.38. The maximum Gasteiger partial charge on any atom is 0.330 e. The Morgan fingerprint density at radius 1 is 1.05 bits per heavy atom. The monoisotopic (exact) mass is 527 g/mol. The van der Waals surface area contributed by atoms with Gasteiger partial charge in [-0.25, -0.2) is 4.79 Å². The first-order valence-corrected chi connectivity index (χ1v) is 12.1. The van der Waals surface area contributed by atoms with Gasteiger partial charge in [0.2, 0.25) is 0 Å². The topological polar surface area (TPSA) is 246 Å². The van der Waals surface area contributed by atoms with Crippen molar-refractivity contribution in [2.45, 2.75) is 81.1 Å². The van der Waals surface area contributed by atoms with E-state index in [4.69, 9.17) is 25.7 Å². The number of aliphatic hydroxyl groups excluding tert-OH is 4. The number of nitrogens with zero attached hydrogens (tertiary/aromatic N) is 4. The number of aromatic nitrogens is 5. The van der Waals surface area contributed by atoms with Crippen LogP contribution in [0.25, 0.3) is 0 Å². The predicted octanol–water partition coefficient (Wildman–Crippen LogP) is -3.96. The van der Waals surface area contributed by atoms with Gasteiger partial charge in [0.05, 0.1) is 6.20 Å². The zero-order valence-corrected chi connectivity index (χ0v) is 19.9. The van der Waals surface area contributed by atoms with Gasteiger partial charge in [-0.1, -0.05) is 11.6 Å². The maximum atomic E-state index is 12.3. The number of aromatic amines is 1. The quantitative estimate of drug-likeness (QED) is 0.138. The molecule has 2 aliphatic heterocycles. The molecule has 0 amide bonds. The third-order valence-corrected chi connectivity index (χ3v) is 6.47. The molecule has 9 N–H and O–H groups in total. The first-order valence-electron chi connectivity index (χ1n) is 12.1. The molecule has 16 nitrogen and oxygen atoms in total. The predicted molar refractivity (Wildman–Crippen MR) is 124 cm³/mol. The molecule has 2 saturated heterocycles. The molecule has 0 aromatic carbocycles. The van der Waals surface area contributed by atoms with Gasteiger partial charge in [-0.3, -0.25) is 19.0 Å². The Hall–Kier alpha value is -2.54. The molecule has 4 heterocycles. The highest BCUT2D eigenvalue weighted by molar-refractivity contribution is 5.07. The lowest BCUT2D eigenvalue weighted by Gasteiger charge is -2.28. The van der Waals surface area contributed by atoms with Crippen LogP contribution in [0.4, 0.5) is 0 Å². The number of hydrogen-bond donors (Lipinski definition) is 7. The van der Waals surface area contributed by atoms with E-state index in [9.17, 15) is 30.0 Å². The fraction of sp³-hybridized carbons (Fsp3) is 0.714. The number of nitrogens with two attached hydrogens (primary N) is 2. The molecule has 206 valence electrons. The summed E-state index contributed by atoms with van der Waals surface area (Å²) in [5, 5.41) is 50.4. The molecule has 2 aromatic heterocycles. The van der Waals surface area contributed by atoms with E-state index >= 15 is 0 Å². The average Bonchev–Trinajstić information content (AvgIpc) is 3.54. The van der Waals surface area contributed by atoms with Crippen molar-refractivity contribution in [3.8, 4) is 0 Å². The summed E-state index contributed by atoms with van der Waals surface area (Å²) in [7, 11) is 0. The summed E-state index contributed by atoms with van der Waals surface area (Å²) in [6.45, 7) is 1.03. The van der Waals surface area contributed by atoms with Crippen LogP contribution in [0.3, 0.4) is 0 Å². The van der Waals surface area contributed by atoms with Crippen LogP contribution in [0.2, 0.25) is 0 Å². The van der Waals surface area contributed by atoms with Crippen LogP contribution in [0, 0.1) is 0 Å². The number of rotatable bonds is 11. The first-order chi connectivity index (χ1) is 17.7. The highest BCUT2D eigenvalue weighted by Gasteiger charge is 2.52. The number of hydrogen-bond acceptors (Lipinski definition) is 13. The third kappa shape index (κ3) is 5.82. The molecule has 37 heavy (non-hydrogen) atoms. The second kappa shape index (κ2) is 11.9. The minimum Gasteiger partial charge on any atom is -0.387 e. The van der Waals surface area contributed by atoms with Gasteiger partial charge in [0.1, 0.15) is 48.4 Å². The van der Waals surface area contributed by atoms with Crippen LogP contribution >= 0.6 is 0 Å². The summed E-state index contributed by atoms with van der Waals surface area (Å²) in [5.41, 5.74) is 9.81. The summed E-state index contributed by atoms with van der Waals surface area (Å²) in [5.74, 6) is 0. The lowest BCUT2D eigenvalue weighted by Crippen LogP contribution is -2.40. The van der Waals surface area contributed by atoms with Crippen LogP contribution in [0.5, 0.6) is 0 Å². The molecule has 0 saturated carbocycles. The van der Waals surface area contributed by atoms with Crippen molar-refractivity contribution in [2.75, 3.05) is 13.1 Å². The van der Waals surface area contributed by atoms with Crippen LogP contribution in [0.15, 0.2) is 28.0 Å². The van der Waals surface area contributed by atoms with E-state index in [0.717, 1.165) is 36.1 Å². The molecule has 2 aromatic rings. The molecule has 16 heteroatoms. The summed E-state index contributed by atoms with van der Waals surface area (Å²) in [6.07, 6.45) is -6.95. The van der Waals surface area contributed by atoms with Gasteiger partial charge in [0.25, 0.3) is 5.56 Å². The molecule has 0 bridgehead atoms. The van der Waals surface area contributed by atoms with Gasteiger partial charge in [0.15, 0.2) is 12.5 Å². The zero-order chi connectivity index (χ0) is 26.7. The standard InChI is InChI=1S/C21H33N7O9/c22-5-2-1-3-6-27-9-10(25-26-27)17(37-20-16(33)13(30)11(8-23)35-20)18-14(31)15(32)19(36-18)28-7-4-12(29)24-21(28)34/h4,7,9,11,13-20,30-33H,1-3,5-6,8,22-23H2,(H,24,29,34)/t11-,13-,14+,15-,16-,17+,18+,19-,20+/m1/s1.